The minimum Gasteiger partial charge on any atom is -0.494 e. The fourth-order valence-corrected chi connectivity index (χ4v) is 3.66. The van der Waals surface area contributed by atoms with Crippen LogP contribution in [0, 0.1) is 0 Å². The van der Waals surface area contributed by atoms with Crippen molar-refractivity contribution in [2.75, 3.05) is 32.1 Å². The average molecular weight is 352 g/mol. The van der Waals surface area contributed by atoms with Gasteiger partial charge in [-0.3, -0.25) is 4.79 Å². The number of amides is 1. The van der Waals surface area contributed by atoms with Crippen LogP contribution in [0.5, 0.6) is 5.75 Å². The molecule has 1 amide bonds. The van der Waals surface area contributed by atoms with Gasteiger partial charge in [0.05, 0.1) is 6.61 Å². The smallest absolute Gasteiger partial charge is 0.220 e. The van der Waals surface area contributed by atoms with Gasteiger partial charge < -0.3 is 14.8 Å². The van der Waals surface area contributed by atoms with Crippen molar-refractivity contribution in [3.63, 3.8) is 0 Å². The van der Waals surface area contributed by atoms with Gasteiger partial charge in [0.25, 0.3) is 0 Å². The Balaban J connectivity index is 1.55. The van der Waals surface area contributed by atoms with Crippen LogP contribution in [0.1, 0.15) is 38.2 Å². The summed E-state index contributed by atoms with van der Waals surface area (Å²) in [6.07, 6.45) is 4.59. The van der Waals surface area contributed by atoms with Gasteiger partial charge in [0.1, 0.15) is 5.75 Å². The average Bonchev–Trinajstić information content (AvgIpc) is 2.63. The zero-order valence-corrected chi connectivity index (χ0v) is 15.4. The molecule has 1 fully saturated rings. The molecule has 0 bridgehead atoms. The van der Waals surface area contributed by atoms with Crippen molar-refractivity contribution in [3.8, 4) is 5.75 Å². The van der Waals surface area contributed by atoms with E-state index < -0.39 is 0 Å². The molecule has 0 aromatic heterocycles. The summed E-state index contributed by atoms with van der Waals surface area (Å²) in [6, 6.07) is 8.04. The molecule has 1 aliphatic heterocycles. The van der Waals surface area contributed by atoms with E-state index in [2.05, 4.69) is 12.2 Å². The van der Waals surface area contributed by atoms with Crippen LogP contribution in [0.25, 0.3) is 0 Å². The number of carbonyl (C=O) groups excluding carboxylic acids is 1. The van der Waals surface area contributed by atoms with Crippen LogP contribution in [-0.4, -0.2) is 43.3 Å². The lowest BCUT2D eigenvalue weighted by Gasteiger charge is -2.21. The molecule has 0 atom stereocenters. The lowest BCUT2D eigenvalue weighted by atomic mass is 10.1. The van der Waals surface area contributed by atoms with Gasteiger partial charge in [0.2, 0.25) is 5.91 Å². The Labute approximate surface area is 149 Å². The first kappa shape index (κ1) is 19.1. The van der Waals surface area contributed by atoms with Crippen LogP contribution in [0.2, 0.25) is 0 Å². The van der Waals surface area contributed by atoms with Crippen LogP contribution in [0.3, 0.4) is 0 Å². The molecule has 4 nitrogen and oxygen atoms in total. The van der Waals surface area contributed by atoms with Crippen molar-refractivity contribution in [1.82, 2.24) is 5.32 Å². The minimum atomic E-state index is 0.133. The van der Waals surface area contributed by atoms with Crippen LogP contribution in [0.15, 0.2) is 24.3 Å². The normalized spacial score (nSPS) is 15.2. The van der Waals surface area contributed by atoms with E-state index in [9.17, 15) is 4.79 Å². The van der Waals surface area contributed by atoms with Gasteiger partial charge in [-0.05, 0) is 43.4 Å². The molecule has 0 saturated carbocycles. The van der Waals surface area contributed by atoms with E-state index in [1.807, 2.05) is 36.0 Å². The lowest BCUT2D eigenvalue weighted by molar-refractivity contribution is -0.120. The van der Waals surface area contributed by atoms with E-state index in [0.717, 1.165) is 63.6 Å². The van der Waals surface area contributed by atoms with Crippen molar-refractivity contribution in [3.05, 3.63) is 29.8 Å². The van der Waals surface area contributed by atoms with Crippen molar-refractivity contribution in [1.29, 1.82) is 0 Å². The highest BCUT2D eigenvalue weighted by Gasteiger charge is 2.13. The predicted molar refractivity (Wildman–Crippen MR) is 99.9 cm³/mol. The first-order chi connectivity index (χ1) is 11.8. The summed E-state index contributed by atoms with van der Waals surface area (Å²) >= 11 is 1.95. The van der Waals surface area contributed by atoms with E-state index in [1.165, 1.54) is 5.56 Å². The minimum absolute atomic E-state index is 0.133. The zero-order chi connectivity index (χ0) is 17.0. The molecule has 0 unspecified atom stereocenters. The third kappa shape index (κ3) is 7.58. The van der Waals surface area contributed by atoms with E-state index in [-0.39, 0.29) is 5.91 Å². The van der Waals surface area contributed by atoms with Gasteiger partial charge in [0, 0.05) is 37.2 Å². The number of hydrogen-bond acceptors (Lipinski definition) is 4. The van der Waals surface area contributed by atoms with E-state index in [1.54, 1.807) is 0 Å². The van der Waals surface area contributed by atoms with Crippen molar-refractivity contribution < 1.29 is 14.3 Å². The lowest BCUT2D eigenvalue weighted by Crippen LogP contribution is -2.27. The number of ether oxygens (including phenoxy) is 2. The number of thioether (sulfide) groups is 1. The molecule has 5 heteroatoms. The Morgan fingerprint density at radius 2 is 2.04 bits per heavy atom. The summed E-state index contributed by atoms with van der Waals surface area (Å²) in [6.45, 7) is 5.35. The van der Waals surface area contributed by atoms with Gasteiger partial charge in [0.15, 0.2) is 0 Å². The highest BCUT2D eigenvalue weighted by Crippen LogP contribution is 2.21. The second-order valence-corrected chi connectivity index (χ2v) is 7.43. The molecule has 134 valence electrons. The van der Waals surface area contributed by atoms with Gasteiger partial charge in [-0.25, -0.2) is 0 Å². The summed E-state index contributed by atoms with van der Waals surface area (Å²) in [5.41, 5.74) is 1.17. The van der Waals surface area contributed by atoms with Crippen LogP contribution in [0.4, 0.5) is 0 Å². The zero-order valence-electron chi connectivity index (χ0n) is 14.6. The van der Waals surface area contributed by atoms with E-state index in [0.29, 0.717) is 11.7 Å². The predicted octanol–water partition coefficient (Wildman–Crippen LogP) is 3.44. The Bertz CT molecular complexity index is 472. The van der Waals surface area contributed by atoms with Crippen molar-refractivity contribution in [2.24, 2.45) is 0 Å². The monoisotopic (exact) mass is 351 g/mol. The van der Waals surface area contributed by atoms with Gasteiger partial charge in [-0.1, -0.05) is 19.1 Å². The van der Waals surface area contributed by atoms with E-state index >= 15 is 0 Å². The molecule has 0 spiro atoms. The highest BCUT2D eigenvalue weighted by atomic mass is 32.2. The molecule has 1 N–H and O–H groups in total. The summed E-state index contributed by atoms with van der Waals surface area (Å²) in [7, 11) is 0. The summed E-state index contributed by atoms with van der Waals surface area (Å²) in [4.78, 5) is 11.9. The number of nitrogens with one attached hydrogen (secondary N) is 1. The van der Waals surface area contributed by atoms with Crippen LogP contribution in [-0.2, 0) is 16.0 Å². The summed E-state index contributed by atoms with van der Waals surface area (Å²) in [5, 5.41) is 3.71. The first-order valence-electron chi connectivity index (χ1n) is 8.95. The number of hydrogen-bond donors (Lipinski definition) is 1. The third-order valence-electron chi connectivity index (χ3n) is 3.98. The van der Waals surface area contributed by atoms with Crippen molar-refractivity contribution >= 4 is 17.7 Å². The van der Waals surface area contributed by atoms with Gasteiger partial charge in [-0.2, -0.15) is 11.8 Å². The Hall–Kier alpha value is -1.20. The number of benzene rings is 1. The highest BCUT2D eigenvalue weighted by molar-refractivity contribution is 7.99. The molecule has 2 rings (SSSR count). The third-order valence-corrected chi connectivity index (χ3v) is 5.37. The number of rotatable bonds is 10. The summed E-state index contributed by atoms with van der Waals surface area (Å²) in [5.74, 6) is 2.02. The molecule has 24 heavy (non-hydrogen) atoms. The maximum absolute atomic E-state index is 11.9. The maximum Gasteiger partial charge on any atom is 0.220 e. The molecule has 1 saturated heterocycles. The molecular formula is C19H29NO3S. The quantitative estimate of drug-likeness (QED) is 0.656. The van der Waals surface area contributed by atoms with E-state index in [4.69, 9.17) is 9.47 Å². The Morgan fingerprint density at radius 3 is 2.75 bits per heavy atom. The fourth-order valence-electron chi connectivity index (χ4n) is 2.58. The largest absolute Gasteiger partial charge is 0.494 e. The fraction of sp³-hybridized carbons (Fsp3) is 0.632. The first-order valence-corrected chi connectivity index (χ1v) is 10.0. The molecule has 1 aromatic carbocycles. The second kappa shape index (κ2) is 11.4. The van der Waals surface area contributed by atoms with Crippen LogP contribution < -0.4 is 10.1 Å². The van der Waals surface area contributed by atoms with Gasteiger partial charge >= 0.3 is 0 Å². The second-order valence-electron chi connectivity index (χ2n) is 6.02. The molecule has 1 heterocycles. The summed E-state index contributed by atoms with van der Waals surface area (Å²) < 4.78 is 10.9. The molecule has 0 radical (unpaired) electrons. The Morgan fingerprint density at radius 1 is 1.29 bits per heavy atom. The van der Waals surface area contributed by atoms with Gasteiger partial charge in [-0.15, -0.1) is 0 Å². The van der Waals surface area contributed by atoms with Crippen LogP contribution >= 0.6 is 11.8 Å². The molecule has 1 aliphatic rings. The van der Waals surface area contributed by atoms with Crippen molar-refractivity contribution in [2.45, 2.75) is 44.3 Å². The molecular weight excluding hydrogens is 322 g/mol. The standard InChI is InChI=1S/C19H29NO3S/c1-2-12-23-17-6-3-16(4-7-17)5-8-19(21)20-11-15-24-18-9-13-22-14-10-18/h3-4,6-7,18H,2,5,8-15H2,1H3,(H,20,21). The molecule has 1 aromatic rings. The topological polar surface area (TPSA) is 47.6 Å². The SMILES string of the molecule is CCCOc1ccc(CCC(=O)NCCSC2CCOCC2)cc1. The number of carbonyl (C=O) groups is 1. The Kier molecular flexibility index (Phi) is 9.06. The maximum atomic E-state index is 11.9. The molecule has 0 aliphatic carbocycles. The number of aryl methyl sites for hydroxylation is 1.